The third-order valence-electron chi connectivity index (χ3n) is 2.26. The summed E-state index contributed by atoms with van der Waals surface area (Å²) in [5, 5.41) is 8.24. The average Bonchev–Trinajstić information content (AvgIpc) is 2.85. The van der Waals surface area contributed by atoms with E-state index >= 15 is 0 Å². The van der Waals surface area contributed by atoms with Gasteiger partial charge in [-0.15, -0.1) is 10.2 Å². The number of aromatic nitrogens is 2. The van der Waals surface area contributed by atoms with E-state index in [1.54, 1.807) is 47.0 Å². The maximum atomic E-state index is 11.0. The van der Waals surface area contributed by atoms with Crippen LogP contribution in [-0.4, -0.2) is 21.9 Å². The molecule has 0 fully saturated rings. The standard InChI is InChI=1S/C12H13N3OS3/c1-2-17-11-14-15-12(19-11)18-7-8-3-5-9(6-4-8)10(13)16/h3-6H,2,7H2,1H3,(H2,13,16). The number of rotatable bonds is 6. The van der Waals surface area contributed by atoms with Crippen LogP contribution in [-0.2, 0) is 5.75 Å². The molecule has 0 bridgehead atoms. The Hall–Kier alpha value is -1.05. The molecule has 2 N–H and O–H groups in total. The van der Waals surface area contributed by atoms with E-state index in [1.807, 2.05) is 12.1 Å². The number of thioether (sulfide) groups is 2. The first kappa shape index (κ1) is 14.4. The molecule has 1 aromatic carbocycles. The second-order valence-electron chi connectivity index (χ2n) is 3.62. The molecular formula is C12H13N3OS3. The second kappa shape index (κ2) is 6.93. The van der Waals surface area contributed by atoms with Crippen LogP contribution in [0, 0.1) is 0 Å². The molecular weight excluding hydrogens is 298 g/mol. The molecule has 0 aliphatic rings. The fourth-order valence-corrected chi connectivity index (χ4v) is 4.22. The second-order valence-corrected chi connectivity index (χ2v) is 7.33. The fourth-order valence-electron chi connectivity index (χ4n) is 1.35. The van der Waals surface area contributed by atoms with E-state index in [-0.39, 0.29) is 0 Å². The van der Waals surface area contributed by atoms with E-state index in [2.05, 4.69) is 17.1 Å². The van der Waals surface area contributed by atoms with Crippen molar-refractivity contribution in [2.45, 2.75) is 21.4 Å². The zero-order valence-corrected chi connectivity index (χ0v) is 12.8. The summed E-state index contributed by atoms with van der Waals surface area (Å²) in [5.41, 5.74) is 6.86. The molecule has 0 atom stereocenters. The summed E-state index contributed by atoms with van der Waals surface area (Å²) in [5.74, 6) is 1.42. The lowest BCUT2D eigenvalue weighted by Gasteiger charge is -2.00. The summed E-state index contributed by atoms with van der Waals surface area (Å²) < 4.78 is 1.98. The van der Waals surface area contributed by atoms with Crippen LogP contribution in [0.25, 0.3) is 0 Å². The predicted octanol–water partition coefficient (Wildman–Crippen LogP) is 3.04. The van der Waals surface area contributed by atoms with Gasteiger partial charge in [-0.3, -0.25) is 4.79 Å². The number of benzene rings is 1. The van der Waals surface area contributed by atoms with Crippen LogP contribution in [0.15, 0.2) is 32.9 Å². The van der Waals surface area contributed by atoms with Crippen LogP contribution >= 0.6 is 34.9 Å². The topological polar surface area (TPSA) is 68.9 Å². The quantitative estimate of drug-likeness (QED) is 0.830. The van der Waals surface area contributed by atoms with Crippen LogP contribution < -0.4 is 5.73 Å². The number of nitrogens with two attached hydrogens (primary N) is 1. The number of carbonyl (C=O) groups excluding carboxylic acids is 1. The van der Waals surface area contributed by atoms with Gasteiger partial charge in [0, 0.05) is 11.3 Å². The predicted molar refractivity (Wildman–Crippen MR) is 80.8 cm³/mol. The van der Waals surface area contributed by atoms with Gasteiger partial charge in [-0.25, -0.2) is 0 Å². The van der Waals surface area contributed by atoms with Crippen LogP contribution in [0.1, 0.15) is 22.8 Å². The first-order chi connectivity index (χ1) is 9.19. The van der Waals surface area contributed by atoms with Crippen LogP contribution in [0.2, 0.25) is 0 Å². The highest BCUT2D eigenvalue weighted by Gasteiger charge is 2.05. The molecule has 7 heteroatoms. The van der Waals surface area contributed by atoms with Gasteiger partial charge >= 0.3 is 0 Å². The number of primary amides is 1. The summed E-state index contributed by atoms with van der Waals surface area (Å²) in [6.07, 6.45) is 0. The molecule has 2 aromatic rings. The maximum absolute atomic E-state index is 11.0. The zero-order valence-electron chi connectivity index (χ0n) is 10.3. The van der Waals surface area contributed by atoms with Gasteiger partial charge in [0.1, 0.15) is 0 Å². The van der Waals surface area contributed by atoms with Crippen LogP contribution in [0.4, 0.5) is 0 Å². The van der Waals surface area contributed by atoms with Crippen molar-refractivity contribution in [1.82, 2.24) is 10.2 Å². The van der Waals surface area contributed by atoms with Gasteiger partial charge in [0.2, 0.25) is 5.91 Å². The van der Waals surface area contributed by atoms with Crippen molar-refractivity contribution in [3.63, 3.8) is 0 Å². The summed E-state index contributed by atoms with van der Waals surface area (Å²) in [6.45, 7) is 2.10. The minimum absolute atomic E-state index is 0.399. The summed E-state index contributed by atoms with van der Waals surface area (Å²) in [6, 6.07) is 7.32. The van der Waals surface area contributed by atoms with Gasteiger partial charge in [-0.05, 0) is 23.4 Å². The number of hydrogen-bond donors (Lipinski definition) is 1. The molecule has 100 valence electrons. The van der Waals surface area contributed by atoms with Crippen molar-refractivity contribution in [3.05, 3.63) is 35.4 Å². The van der Waals surface area contributed by atoms with Gasteiger partial charge in [-0.2, -0.15) is 0 Å². The Bertz CT molecular complexity index is 554. The van der Waals surface area contributed by atoms with E-state index < -0.39 is 5.91 Å². The molecule has 4 nitrogen and oxygen atoms in total. The molecule has 0 aliphatic heterocycles. The first-order valence-electron chi connectivity index (χ1n) is 5.67. The Labute approximate surface area is 124 Å². The average molecular weight is 311 g/mol. The lowest BCUT2D eigenvalue weighted by atomic mass is 10.1. The molecule has 1 aromatic heterocycles. The number of amides is 1. The molecule has 0 spiro atoms. The molecule has 19 heavy (non-hydrogen) atoms. The van der Waals surface area contributed by atoms with E-state index in [0.717, 1.165) is 25.7 Å². The van der Waals surface area contributed by atoms with Crippen molar-refractivity contribution in [2.24, 2.45) is 5.73 Å². The van der Waals surface area contributed by atoms with Gasteiger partial charge in [0.05, 0.1) is 0 Å². The van der Waals surface area contributed by atoms with Gasteiger partial charge in [-0.1, -0.05) is 53.9 Å². The molecule has 1 heterocycles. The molecule has 0 saturated heterocycles. The monoisotopic (exact) mass is 311 g/mol. The first-order valence-corrected chi connectivity index (χ1v) is 8.45. The summed E-state index contributed by atoms with van der Waals surface area (Å²) >= 11 is 4.97. The SMILES string of the molecule is CCSc1nnc(SCc2ccc(C(N)=O)cc2)s1. The smallest absolute Gasteiger partial charge is 0.248 e. The largest absolute Gasteiger partial charge is 0.366 e. The number of nitrogens with zero attached hydrogens (tertiary/aromatic N) is 2. The Kier molecular flexibility index (Phi) is 5.24. The molecule has 0 radical (unpaired) electrons. The lowest BCUT2D eigenvalue weighted by molar-refractivity contribution is 0.100. The summed E-state index contributed by atoms with van der Waals surface area (Å²) in [4.78, 5) is 11.0. The highest BCUT2D eigenvalue weighted by Crippen LogP contribution is 2.30. The zero-order chi connectivity index (χ0) is 13.7. The normalized spacial score (nSPS) is 10.6. The van der Waals surface area contributed by atoms with E-state index in [4.69, 9.17) is 5.73 Å². The minimum Gasteiger partial charge on any atom is -0.366 e. The Morgan fingerprint density at radius 2 is 1.84 bits per heavy atom. The third kappa shape index (κ3) is 4.22. The molecule has 0 aliphatic carbocycles. The van der Waals surface area contributed by atoms with Crippen molar-refractivity contribution in [2.75, 3.05) is 5.75 Å². The fraction of sp³-hybridized carbons (Fsp3) is 0.250. The van der Waals surface area contributed by atoms with Crippen molar-refractivity contribution in [3.8, 4) is 0 Å². The highest BCUT2D eigenvalue weighted by molar-refractivity contribution is 8.02. The van der Waals surface area contributed by atoms with Gasteiger partial charge in [0.15, 0.2) is 8.68 Å². The highest BCUT2D eigenvalue weighted by atomic mass is 32.2. The van der Waals surface area contributed by atoms with Crippen molar-refractivity contribution in [1.29, 1.82) is 0 Å². The third-order valence-corrected chi connectivity index (χ3v) is 5.40. The molecule has 0 unspecified atom stereocenters. The van der Waals surface area contributed by atoms with Gasteiger partial charge in [0.25, 0.3) is 0 Å². The van der Waals surface area contributed by atoms with E-state index in [0.29, 0.717) is 5.56 Å². The Balaban J connectivity index is 1.92. The molecule has 2 rings (SSSR count). The maximum Gasteiger partial charge on any atom is 0.248 e. The minimum atomic E-state index is -0.399. The Morgan fingerprint density at radius 1 is 1.21 bits per heavy atom. The van der Waals surface area contributed by atoms with Crippen LogP contribution in [0.3, 0.4) is 0 Å². The molecule has 0 saturated carbocycles. The lowest BCUT2D eigenvalue weighted by Crippen LogP contribution is -2.10. The van der Waals surface area contributed by atoms with Gasteiger partial charge < -0.3 is 5.73 Å². The number of hydrogen-bond acceptors (Lipinski definition) is 6. The summed E-state index contributed by atoms with van der Waals surface area (Å²) in [7, 11) is 0. The van der Waals surface area contributed by atoms with Crippen molar-refractivity contribution < 1.29 is 4.79 Å². The van der Waals surface area contributed by atoms with Crippen LogP contribution in [0.5, 0.6) is 0 Å². The van der Waals surface area contributed by atoms with E-state index in [9.17, 15) is 4.79 Å². The Morgan fingerprint density at radius 3 is 2.42 bits per heavy atom. The molecule has 1 amide bonds. The number of carbonyl (C=O) groups is 1. The van der Waals surface area contributed by atoms with E-state index in [1.165, 1.54) is 0 Å². The van der Waals surface area contributed by atoms with Crippen molar-refractivity contribution >= 4 is 40.8 Å².